The molecule has 0 bridgehead atoms. The van der Waals surface area contributed by atoms with Crippen molar-refractivity contribution in [2.45, 2.75) is 71.3 Å². The summed E-state index contributed by atoms with van der Waals surface area (Å²) in [6.45, 7) is 8.12. The van der Waals surface area contributed by atoms with Crippen molar-refractivity contribution >= 4 is 0 Å². The molecule has 0 heterocycles. The summed E-state index contributed by atoms with van der Waals surface area (Å²) in [5.74, 6) is 1.52. The van der Waals surface area contributed by atoms with Crippen molar-refractivity contribution in [1.29, 1.82) is 0 Å². The van der Waals surface area contributed by atoms with Crippen LogP contribution in [-0.2, 0) is 6.42 Å². The molecule has 0 aliphatic heterocycles. The molecule has 0 aromatic heterocycles. The van der Waals surface area contributed by atoms with E-state index >= 15 is 0 Å². The molecule has 1 heteroatoms. The largest absolute Gasteiger partial charge is 0.313 e. The lowest BCUT2D eigenvalue weighted by Crippen LogP contribution is -2.42. The molecule has 1 nitrogen and oxygen atoms in total. The zero-order valence-electron chi connectivity index (χ0n) is 13.5. The third kappa shape index (κ3) is 3.44. The van der Waals surface area contributed by atoms with Crippen LogP contribution in [0.4, 0.5) is 0 Å². The molecule has 0 saturated carbocycles. The molecule has 1 aliphatic carbocycles. The van der Waals surface area contributed by atoms with Crippen LogP contribution < -0.4 is 5.32 Å². The summed E-state index contributed by atoms with van der Waals surface area (Å²) < 4.78 is 0. The van der Waals surface area contributed by atoms with Crippen LogP contribution in [-0.4, -0.2) is 12.6 Å². The van der Waals surface area contributed by atoms with Gasteiger partial charge in [0.15, 0.2) is 0 Å². The lowest BCUT2D eigenvalue weighted by molar-refractivity contribution is 0.273. The van der Waals surface area contributed by atoms with E-state index in [-0.39, 0.29) is 0 Å². The molecule has 0 amide bonds. The average Bonchev–Trinajstić information content (AvgIpc) is 2.51. The minimum Gasteiger partial charge on any atom is -0.313 e. The van der Waals surface area contributed by atoms with Gasteiger partial charge in [0, 0.05) is 6.04 Å². The molecule has 20 heavy (non-hydrogen) atoms. The van der Waals surface area contributed by atoms with Crippen LogP contribution in [0.25, 0.3) is 0 Å². The minimum atomic E-state index is 0.659. The fraction of sp³-hybridized carbons (Fsp3) is 0.684. The quantitative estimate of drug-likeness (QED) is 0.744. The summed E-state index contributed by atoms with van der Waals surface area (Å²) in [4.78, 5) is 0. The number of fused-ring (bicyclic) bond motifs is 1. The van der Waals surface area contributed by atoms with E-state index in [0.29, 0.717) is 6.04 Å². The van der Waals surface area contributed by atoms with E-state index in [4.69, 9.17) is 0 Å². The maximum atomic E-state index is 3.88. The number of nitrogens with one attached hydrogen (secondary N) is 1. The fourth-order valence-corrected chi connectivity index (χ4v) is 3.91. The summed E-state index contributed by atoms with van der Waals surface area (Å²) >= 11 is 0. The summed E-state index contributed by atoms with van der Waals surface area (Å²) in [7, 11) is 0. The molecule has 2 unspecified atom stereocenters. The van der Waals surface area contributed by atoms with Gasteiger partial charge in [0.2, 0.25) is 0 Å². The molecule has 112 valence electrons. The van der Waals surface area contributed by atoms with Gasteiger partial charge in [-0.15, -0.1) is 0 Å². The molecule has 2 rings (SSSR count). The Morgan fingerprint density at radius 2 is 1.90 bits per heavy atom. The van der Waals surface area contributed by atoms with Crippen LogP contribution >= 0.6 is 0 Å². The monoisotopic (exact) mass is 273 g/mol. The standard InChI is InChI=1S/C19H31N/c1-4-14-20-19(15(5-2)6-3)18-13-9-11-16-10-7-8-12-17(16)18/h7-8,10,12,15,18-20H,4-6,9,11,13-14H2,1-3H3. The summed E-state index contributed by atoms with van der Waals surface area (Å²) in [6.07, 6.45) is 7.79. The normalized spacial score (nSPS) is 19.9. The summed E-state index contributed by atoms with van der Waals surface area (Å²) in [5, 5.41) is 3.88. The van der Waals surface area contributed by atoms with E-state index in [0.717, 1.165) is 18.4 Å². The number of aryl methyl sites for hydroxylation is 1. The summed E-state index contributed by atoms with van der Waals surface area (Å²) in [5.41, 5.74) is 3.22. The topological polar surface area (TPSA) is 12.0 Å². The number of hydrogen-bond donors (Lipinski definition) is 1. The molecule has 0 spiro atoms. The van der Waals surface area contributed by atoms with Gasteiger partial charge in [0.25, 0.3) is 0 Å². The van der Waals surface area contributed by atoms with Crippen LogP contribution in [0.2, 0.25) is 0 Å². The van der Waals surface area contributed by atoms with Crippen molar-refractivity contribution in [3.8, 4) is 0 Å². The maximum absolute atomic E-state index is 3.88. The molecule has 2 atom stereocenters. The Bertz CT molecular complexity index is 395. The van der Waals surface area contributed by atoms with Crippen LogP contribution in [0.3, 0.4) is 0 Å². The second-order valence-electron chi connectivity index (χ2n) is 6.25. The van der Waals surface area contributed by atoms with Gasteiger partial charge in [-0.2, -0.15) is 0 Å². The zero-order valence-corrected chi connectivity index (χ0v) is 13.5. The van der Waals surface area contributed by atoms with Crippen molar-refractivity contribution < 1.29 is 0 Å². The molecule has 1 aromatic carbocycles. The van der Waals surface area contributed by atoms with E-state index in [1.165, 1.54) is 38.5 Å². The van der Waals surface area contributed by atoms with Crippen LogP contribution in [0.15, 0.2) is 24.3 Å². The number of rotatable bonds is 7. The molecule has 1 N–H and O–H groups in total. The first-order chi connectivity index (χ1) is 9.81. The minimum absolute atomic E-state index is 0.659. The Kier molecular flexibility index (Phi) is 6.09. The number of benzene rings is 1. The van der Waals surface area contributed by atoms with E-state index in [2.05, 4.69) is 50.4 Å². The van der Waals surface area contributed by atoms with Crippen LogP contribution in [0.1, 0.15) is 69.9 Å². The van der Waals surface area contributed by atoms with Gasteiger partial charge in [-0.05, 0) is 55.2 Å². The Labute approximate surface area is 125 Å². The Morgan fingerprint density at radius 3 is 2.60 bits per heavy atom. The Balaban J connectivity index is 2.24. The SMILES string of the molecule is CCCNC(C(CC)CC)C1CCCc2ccccc21. The molecular weight excluding hydrogens is 242 g/mol. The lowest BCUT2D eigenvalue weighted by atomic mass is 9.73. The van der Waals surface area contributed by atoms with Gasteiger partial charge in [0.05, 0.1) is 0 Å². The van der Waals surface area contributed by atoms with E-state index in [1.807, 2.05) is 0 Å². The summed E-state index contributed by atoms with van der Waals surface area (Å²) in [6, 6.07) is 9.80. The van der Waals surface area contributed by atoms with Gasteiger partial charge >= 0.3 is 0 Å². The maximum Gasteiger partial charge on any atom is 0.0164 e. The molecule has 0 saturated heterocycles. The predicted molar refractivity (Wildman–Crippen MR) is 88.3 cm³/mol. The molecular formula is C19H31N. The second-order valence-corrected chi connectivity index (χ2v) is 6.25. The van der Waals surface area contributed by atoms with Crippen molar-refractivity contribution in [3.05, 3.63) is 35.4 Å². The first-order valence-electron chi connectivity index (χ1n) is 8.62. The highest BCUT2D eigenvalue weighted by molar-refractivity contribution is 5.34. The zero-order chi connectivity index (χ0) is 14.4. The average molecular weight is 273 g/mol. The van der Waals surface area contributed by atoms with Crippen LogP contribution in [0, 0.1) is 5.92 Å². The van der Waals surface area contributed by atoms with Gasteiger partial charge in [-0.3, -0.25) is 0 Å². The molecule has 1 aliphatic rings. The first kappa shape index (κ1) is 15.6. The van der Waals surface area contributed by atoms with Gasteiger partial charge < -0.3 is 5.32 Å². The van der Waals surface area contributed by atoms with Crippen molar-refractivity contribution in [2.75, 3.05) is 6.54 Å². The van der Waals surface area contributed by atoms with Crippen molar-refractivity contribution in [2.24, 2.45) is 5.92 Å². The van der Waals surface area contributed by atoms with E-state index in [1.54, 1.807) is 11.1 Å². The smallest absolute Gasteiger partial charge is 0.0164 e. The third-order valence-electron chi connectivity index (χ3n) is 5.04. The predicted octanol–water partition coefficient (Wildman–Crippen LogP) is 4.91. The highest BCUT2D eigenvalue weighted by atomic mass is 14.9. The highest BCUT2D eigenvalue weighted by Crippen LogP contribution is 2.37. The second kappa shape index (κ2) is 7.83. The van der Waals surface area contributed by atoms with Crippen molar-refractivity contribution in [3.63, 3.8) is 0 Å². The third-order valence-corrected chi connectivity index (χ3v) is 5.04. The van der Waals surface area contributed by atoms with E-state index < -0.39 is 0 Å². The fourth-order valence-electron chi connectivity index (χ4n) is 3.91. The Hall–Kier alpha value is -0.820. The van der Waals surface area contributed by atoms with Crippen LogP contribution in [0.5, 0.6) is 0 Å². The molecule has 1 aromatic rings. The number of hydrogen-bond acceptors (Lipinski definition) is 1. The van der Waals surface area contributed by atoms with Crippen molar-refractivity contribution in [1.82, 2.24) is 5.32 Å². The lowest BCUT2D eigenvalue weighted by Gasteiger charge is -2.37. The highest BCUT2D eigenvalue weighted by Gasteiger charge is 2.31. The van der Waals surface area contributed by atoms with Gasteiger partial charge in [-0.1, -0.05) is 57.9 Å². The van der Waals surface area contributed by atoms with E-state index in [9.17, 15) is 0 Å². The molecule has 0 radical (unpaired) electrons. The van der Waals surface area contributed by atoms with Gasteiger partial charge in [-0.25, -0.2) is 0 Å². The van der Waals surface area contributed by atoms with Gasteiger partial charge in [0.1, 0.15) is 0 Å². The molecule has 0 fully saturated rings. The Morgan fingerprint density at radius 1 is 1.15 bits per heavy atom. The first-order valence-corrected chi connectivity index (χ1v) is 8.62.